The molecule has 1 unspecified atom stereocenters. The molecule has 17 heavy (non-hydrogen) atoms. The average Bonchev–Trinajstić information content (AvgIpc) is 2.98. The molecule has 2 fully saturated rings. The van der Waals surface area contributed by atoms with Crippen LogP contribution in [-0.2, 0) is 11.8 Å². The molecular formula is C13H21N3O. The van der Waals surface area contributed by atoms with Crippen LogP contribution in [0, 0.1) is 0 Å². The van der Waals surface area contributed by atoms with Crippen LogP contribution in [0.3, 0.4) is 0 Å². The van der Waals surface area contributed by atoms with Gasteiger partial charge >= 0.3 is 0 Å². The van der Waals surface area contributed by atoms with E-state index >= 15 is 0 Å². The number of ether oxygens (including phenoxy) is 1. The number of rotatable bonds is 2. The van der Waals surface area contributed by atoms with Crippen LogP contribution >= 0.6 is 0 Å². The van der Waals surface area contributed by atoms with Gasteiger partial charge in [-0.3, -0.25) is 4.68 Å². The molecule has 0 aromatic carbocycles. The zero-order valence-corrected chi connectivity index (χ0v) is 10.5. The molecule has 3 heterocycles. The molecule has 2 aliphatic heterocycles. The highest BCUT2D eigenvalue weighted by atomic mass is 16.5. The standard InChI is InChI=1S/C13H21N3O/c1-16-9-11(10-4-7-17-8-5-10)13(15-16)12-3-2-6-14-12/h9-10,12,14H,2-8H2,1H3. The van der Waals surface area contributed by atoms with Crippen LogP contribution in [-0.4, -0.2) is 29.5 Å². The van der Waals surface area contributed by atoms with E-state index in [2.05, 4.69) is 16.6 Å². The van der Waals surface area contributed by atoms with Gasteiger partial charge in [0.25, 0.3) is 0 Å². The van der Waals surface area contributed by atoms with E-state index in [0.717, 1.165) is 32.6 Å². The number of aryl methyl sites for hydroxylation is 1. The van der Waals surface area contributed by atoms with E-state index < -0.39 is 0 Å². The van der Waals surface area contributed by atoms with Crippen molar-refractivity contribution in [3.8, 4) is 0 Å². The number of hydrogen-bond donors (Lipinski definition) is 1. The lowest BCUT2D eigenvalue weighted by Gasteiger charge is -2.23. The van der Waals surface area contributed by atoms with E-state index in [1.165, 1.54) is 24.1 Å². The summed E-state index contributed by atoms with van der Waals surface area (Å²) in [4.78, 5) is 0. The molecule has 94 valence electrons. The molecule has 1 N–H and O–H groups in total. The molecule has 3 rings (SSSR count). The Kier molecular flexibility index (Phi) is 3.16. The highest BCUT2D eigenvalue weighted by Gasteiger charge is 2.27. The fourth-order valence-electron chi connectivity index (χ4n) is 3.04. The summed E-state index contributed by atoms with van der Waals surface area (Å²) in [6, 6.07) is 0.481. The normalized spacial score (nSPS) is 26.5. The Morgan fingerprint density at radius 3 is 2.88 bits per heavy atom. The lowest BCUT2D eigenvalue weighted by atomic mass is 9.90. The Morgan fingerprint density at radius 2 is 2.18 bits per heavy atom. The Labute approximate surface area is 102 Å². The Bertz CT molecular complexity index is 376. The van der Waals surface area contributed by atoms with Gasteiger partial charge in [0.2, 0.25) is 0 Å². The molecule has 4 heteroatoms. The van der Waals surface area contributed by atoms with E-state index in [-0.39, 0.29) is 0 Å². The molecule has 0 spiro atoms. The van der Waals surface area contributed by atoms with Gasteiger partial charge in [-0.1, -0.05) is 0 Å². The topological polar surface area (TPSA) is 39.1 Å². The summed E-state index contributed by atoms with van der Waals surface area (Å²) in [5, 5.41) is 8.24. The molecule has 2 aliphatic rings. The van der Waals surface area contributed by atoms with Gasteiger partial charge in [0.15, 0.2) is 0 Å². The van der Waals surface area contributed by atoms with Crippen LogP contribution in [0.5, 0.6) is 0 Å². The second-order valence-electron chi connectivity index (χ2n) is 5.18. The summed E-state index contributed by atoms with van der Waals surface area (Å²) in [5.41, 5.74) is 2.74. The molecule has 2 saturated heterocycles. The van der Waals surface area contributed by atoms with Crippen molar-refractivity contribution in [1.82, 2.24) is 15.1 Å². The van der Waals surface area contributed by atoms with Gasteiger partial charge in [-0.25, -0.2) is 0 Å². The predicted octanol–water partition coefficient (Wildman–Crippen LogP) is 1.74. The number of nitrogens with one attached hydrogen (secondary N) is 1. The van der Waals surface area contributed by atoms with Crippen LogP contribution in [0.25, 0.3) is 0 Å². The molecule has 0 saturated carbocycles. The minimum Gasteiger partial charge on any atom is -0.381 e. The van der Waals surface area contributed by atoms with Gasteiger partial charge in [0.1, 0.15) is 0 Å². The van der Waals surface area contributed by atoms with Crippen molar-refractivity contribution in [2.45, 2.75) is 37.6 Å². The second kappa shape index (κ2) is 4.78. The van der Waals surface area contributed by atoms with Gasteiger partial charge in [-0.15, -0.1) is 0 Å². The van der Waals surface area contributed by atoms with Crippen molar-refractivity contribution in [3.05, 3.63) is 17.5 Å². The summed E-state index contributed by atoms with van der Waals surface area (Å²) < 4.78 is 7.42. The van der Waals surface area contributed by atoms with Crippen molar-refractivity contribution < 1.29 is 4.74 Å². The molecule has 1 aromatic rings. The number of hydrogen-bond acceptors (Lipinski definition) is 3. The SMILES string of the molecule is Cn1cc(C2CCOCC2)c(C2CCCN2)n1. The highest BCUT2D eigenvalue weighted by Crippen LogP contribution is 2.33. The van der Waals surface area contributed by atoms with Crippen molar-refractivity contribution in [2.24, 2.45) is 7.05 Å². The molecule has 4 nitrogen and oxygen atoms in total. The highest BCUT2D eigenvalue weighted by molar-refractivity contribution is 5.26. The van der Waals surface area contributed by atoms with Gasteiger partial charge in [-0.2, -0.15) is 5.10 Å². The predicted molar refractivity (Wildman–Crippen MR) is 66.0 cm³/mol. The van der Waals surface area contributed by atoms with Gasteiger partial charge < -0.3 is 10.1 Å². The zero-order chi connectivity index (χ0) is 11.7. The maximum atomic E-state index is 5.45. The Morgan fingerprint density at radius 1 is 1.35 bits per heavy atom. The van der Waals surface area contributed by atoms with Crippen molar-refractivity contribution >= 4 is 0 Å². The number of nitrogens with zero attached hydrogens (tertiary/aromatic N) is 2. The average molecular weight is 235 g/mol. The third-order valence-corrected chi connectivity index (χ3v) is 3.94. The van der Waals surface area contributed by atoms with Crippen LogP contribution in [0.15, 0.2) is 6.20 Å². The summed E-state index contributed by atoms with van der Waals surface area (Å²) in [7, 11) is 2.03. The molecule has 0 bridgehead atoms. The summed E-state index contributed by atoms with van der Waals surface area (Å²) in [5.74, 6) is 0.648. The van der Waals surface area contributed by atoms with Crippen molar-refractivity contribution in [2.75, 3.05) is 19.8 Å². The first-order chi connectivity index (χ1) is 8.34. The molecule has 0 amide bonds. The van der Waals surface area contributed by atoms with E-state index in [4.69, 9.17) is 4.74 Å². The summed E-state index contributed by atoms with van der Waals surface area (Å²) in [6.07, 6.45) is 7.00. The van der Waals surface area contributed by atoms with E-state index in [9.17, 15) is 0 Å². The third kappa shape index (κ3) is 2.24. The zero-order valence-electron chi connectivity index (χ0n) is 10.5. The Balaban J connectivity index is 1.86. The van der Waals surface area contributed by atoms with Gasteiger partial charge in [0.05, 0.1) is 11.7 Å². The molecule has 0 aliphatic carbocycles. The van der Waals surface area contributed by atoms with Gasteiger partial charge in [0, 0.05) is 26.5 Å². The first kappa shape index (κ1) is 11.2. The lowest BCUT2D eigenvalue weighted by molar-refractivity contribution is 0.0850. The van der Waals surface area contributed by atoms with Crippen LogP contribution < -0.4 is 5.32 Å². The summed E-state index contributed by atoms with van der Waals surface area (Å²) >= 11 is 0. The monoisotopic (exact) mass is 235 g/mol. The van der Waals surface area contributed by atoms with Crippen molar-refractivity contribution in [1.29, 1.82) is 0 Å². The Hall–Kier alpha value is -0.870. The van der Waals surface area contributed by atoms with E-state index in [0.29, 0.717) is 12.0 Å². The fourth-order valence-corrected chi connectivity index (χ4v) is 3.04. The lowest BCUT2D eigenvalue weighted by Crippen LogP contribution is -2.19. The first-order valence-corrected chi connectivity index (χ1v) is 6.69. The maximum absolute atomic E-state index is 5.45. The summed E-state index contributed by atoms with van der Waals surface area (Å²) in [6.45, 7) is 2.93. The van der Waals surface area contributed by atoms with Crippen molar-refractivity contribution in [3.63, 3.8) is 0 Å². The first-order valence-electron chi connectivity index (χ1n) is 6.69. The molecule has 1 atom stereocenters. The van der Waals surface area contributed by atoms with E-state index in [1.807, 2.05) is 11.7 Å². The quantitative estimate of drug-likeness (QED) is 0.848. The smallest absolute Gasteiger partial charge is 0.0828 e. The van der Waals surface area contributed by atoms with E-state index in [1.54, 1.807) is 0 Å². The van der Waals surface area contributed by atoms with Crippen LogP contribution in [0.1, 0.15) is 48.9 Å². The molecule has 0 radical (unpaired) electrons. The van der Waals surface area contributed by atoms with Crippen LogP contribution in [0.4, 0.5) is 0 Å². The molecular weight excluding hydrogens is 214 g/mol. The maximum Gasteiger partial charge on any atom is 0.0828 e. The fraction of sp³-hybridized carbons (Fsp3) is 0.769. The minimum absolute atomic E-state index is 0.481. The minimum atomic E-state index is 0.481. The number of aromatic nitrogens is 2. The molecule has 1 aromatic heterocycles. The van der Waals surface area contributed by atoms with Gasteiger partial charge in [-0.05, 0) is 43.7 Å². The van der Waals surface area contributed by atoms with Crippen LogP contribution in [0.2, 0.25) is 0 Å². The largest absolute Gasteiger partial charge is 0.381 e. The third-order valence-electron chi connectivity index (χ3n) is 3.94. The second-order valence-corrected chi connectivity index (χ2v) is 5.18.